The van der Waals surface area contributed by atoms with Crippen molar-refractivity contribution in [3.63, 3.8) is 0 Å². The van der Waals surface area contributed by atoms with Gasteiger partial charge in [0.15, 0.2) is 0 Å². The number of sulfonamides is 2. The lowest BCUT2D eigenvalue weighted by atomic mass is 10.2. The van der Waals surface area contributed by atoms with Gasteiger partial charge in [0.25, 0.3) is 0 Å². The molecule has 2 aromatic carbocycles. The largest absolute Gasteiger partial charge is 0.379 e. The highest BCUT2D eigenvalue weighted by atomic mass is 32.2. The molecule has 31 heavy (non-hydrogen) atoms. The van der Waals surface area contributed by atoms with Gasteiger partial charge in [0, 0.05) is 24.9 Å². The van der Waals surface area contributed by atoms with E-state index in [4.69, 9.17) is 4.74 Å². The average molecular weight is 466 g/mol. The Balaban J connectivity index is 1.62. The van der Waals surface area contributed by atoms with E-state index in [2.05, 4.69) is 10.0 Å². The Hall–Kier alpha value is -2.57. The van der Waals surface area contributed by atoms with Crippen LogP contribution in [0.15, 0.2) is 64.4 Å². The maximum absolute atomic E-state index is 12.6. The molecule has 1 amide bonds. The lowest BCUT2D eigenvalue weighted by Gasteiger charge is -2.26. The number of morpholine rings is 1. The zero-order valence-electron chi connectivity index (χ0n) is 16.8. The molecule has 11 heteroatoms. The van der Waals surface area contributed by atoms with Gasteiger partial charge in [0.2, 0.25) is 26.0 Å². The van der Waals surface area contributed by atoms with Gasteiger partial charge in [-0.25, -0.2) is 21.6 Å². The Morgan fingerprint density at radius 2 is 1.52 bits per heavy atom. The maximum atomic E-state index is 12.6. The van der Waals surface area contributed by atoms with Gasteiger partial charge < -0.3 is 10.1 Å². The number of nitrogens with zero attached hydrogens (tertiary/aromatic N) is 1. The van der Waals surface area contributed by atoms with E-state index in [-0.39, 0.29) is 9.79 Å². The van der Waals surface area contributed by atoms with Crippen LogP contribution in [0.25, 0.3) is 6.08 Å². The van der Waals surface area contributed by atoms with E-state index in [0.29, 0.717) is 37.6 Å². The van der Waals surface area contributed by atoms with Gasteiger partial charge >= 0.3 is 0 Å². The molecule has 0 radical (unpaired) electrons. The number of ether oxygens (including phenoxy) is 1. The van der Waals surface area contributed by atoms with Gasteiger partial charge in [0.05, 0.1) is 23.0 Å². The van der Waals surface area contributed by atoms with Gasteiger partial charge in [-0.1, -0.05) is 12.1 Å². The molecular weight excluding hydrogens is 442 g/mol. The van der Waals surface area contributed by atoms with Crippen molar-refractivity contribution in [3.05, 3.63) is 60.2 Å². The number of benzene rings is 2. The molecule has 1 heterocycles. The van der Waals surface area contributed by atoms with Crippen LogP contribution in [-0.4, -0.2) is 60.4 Å². The third-order valence-corrected chi connectivity index (χ3v) is 7.96. The summed E-state index contributed by atoms with van der Waals surface area (Å²) in [7, 11) is -5.78. The van der Waals surface area contributed by atoms with E-state index in [0.717, 1.165) is 0 Å². The van der Waals surface area contributed by atoms with Crippen molar-refractivity contribution in [2.24, 2.45) is 0 Å². The van der Waals surface area contributed by atoms with Crippen LogP contribution >= 0.6 is 0 Å². The van der Waals surface area contributed by atoms with Crippen LogP contribution in [-0.2, 0) is 29.6 Å². The highest BCUT2D eigenvalue weighted by Gasteiger charge is 2.25. The Labute approximate surface area is 181 Å². The average Bonchev–Trinajstić information content (AvgIpc) is 2.79. The van der Waals surface area contributed by atoms with Crippen molar-refractivity contribution in [3.8, 4) is 0 Å². The molecule has 1 fully saturated rings. The number of hydrogen-bond acceptors (Lipinski definition) is 6. The summed E-state index contributed by atoms with van der Waals surface area (Å²) in [6.45, 7) is 1.41. The fourth-order valence-corrected chi connectivity index (χ4v) is 5.02. The van der Waals surface area contributed by atoms with Crippen molar-refractivity contribution in [2.45, 2.75) is 9.79 Å². The number of carbonyl (C=O) groups excluding carboxylic acids is 1. The van der Waals surface area contributed by atoms with Crippen LogP contribution in [0.1, 0.15) is 5.56 Å². The van der Waals surface area contributed by atoms with Crippen molar-refractivity contribution < 1.29 is 26.4 Å². The number of nitrogens with one attached hydrogen (secondary N) is 2. The number of hydrogen-bond donors (Lipinski definition) is 2. The number of anilines is 1. The van der Waals surface area contributed by atoms with Gasteiger partial charge in [0.1, 0.15) is 0 Å². The SMILES string of the molecule is CNS(=O)(=O)c1ccc(NC(=O)/C=C/c2ccc(S(=O)(=O)N3CCOCC3)cc2)cc1. The minimum Gasteiger partial charge on any atom is -0.379 e. The number of carbonyl (C=O) groups is 1. The molecule has 0 unspecified atom stereocenters. The molecule has 1 aliphatic heterocycles. The Morgan fingerprint density at radius 3 is 2.10 bits per heavy atom. The smallest absolute Gasteiger partial charge is 0.248 e. The summed E-state index contributed by atoms with van der Waals surface area (Å²) < 4.78 is 57.5. The molecule has 0 bridgehead atoms. The van der Waals surface area contributed by atoms with Crippen molar-refractivity contribution in [2.75, 3.05) is 38.7 Å². The number of amides is 1. The molecule has 9 nitrogen and oxygen atoms in total. The summed E-state index contributed by atoms with van der Waals surface area (Å²) in [6.07, 6.45) is 2.87. The fraction of sp³-hybridized carbons (Fsp3) is 0.250. The Morgan fingerprint density at radius 1 is 0.935 bits per heavy atom. The second-order valence-corrected chi connectivity index (χ2v) is 10.5. The zero-order valence-corrected chi connectivity index (χ0v) is 18.4. The maximum Gasteiger partial charge on any atom is 0.248 e. The molecule has 3 rings (SSSR count). The monoisotopic (exact) mass is 465 g/mol. The first-order valence-electron chi connectivity index (χ1n) is 9.43. The lowest BCUT2D eigenvalue weighted by molar-refractivity contribution is -0.111. The minimum atomic E-state index is -3.56. The summed E-state index contributed by atoms with van der Waals surface area (Å²) in [5.41, 5.74) is 1.10. The van der Waals surface area contributed by atoms with Crippen LogP contribution in [0.4, 0.5) is 5.69 Å². The lowest BCUT2D eigenvalue weighted by Crippen LogP contribution is -2.40. The number of rotatable bonds is 7. The Kier molecular flexibility index (Phi) is 7.23. The molecular formula is C20H23N3O6S2. The van der Waals surface area contributed by atoms with Crippen molar-refractivity contribution in [1.29, 1.82) is 0 Å². The second kappa shape index (κ2) is 9.71. The molecule has 1 saturated heterocycles. The molecule has 2 N–H and O–H groups in total. The molecule has 0 aromatic heterocycles. The second-order valence-electron chi connectivity index (χ2n) is 6.64. The Bertz CT molecular complexity index is 1150. The van der Waals surface area contributed by atoms with Crippen LogP contribution in [0.2, 0.25) is 0 Å². The summed E-state index contributed by atoms with van der Waals surface area (Å²) in [4.78, 5) is 12.4. The van der Waals surface area contributed by atoms with Crippen LogP contribution < -0.4 is 10.0 Å². The molecule has 0 saturated carbocycles. The predicted octanol–water partition coefficient (Wildman–Crippen LogP) is 1.27. The van der Waals surface area contributed by atoms with Crippen LogP contribution in [0, 0.1) is 0 Å². The topological polar surface area (TPSA) is 122 Å². The molecule has 2 aromatic rings. The van der Waals surface area contributed by atoms with Crippen LogP contribution in [0.5, 0.6) is 0 Å². The van der Waals surface area contributed by atoms with E-state index in [9.17, 15) is 21.6 Å². The molecule has 0 spiro atoms. The van der Waals surface area contributed by atoms with E-state index < -0.39 is 26.0 Å². The first-order chi connectivity index (χ1) is 14.7. The summed E-state index contributed by atoms with van der Waals surface area (Å²) >= 11 is 0. The van der Waals surface area contributed by atoms with Crippen molar-refractivity contribution in [1.82, 2.24) is 9.03 Å². The van der Waals surface area contributed by atoms with Gasteiger partial charge in [-0.3, -0.25) is 4.79 Å². The van der Waals surface area contributed by atoms with E-state index in [1.165, 1.54) is 53.8 Å². The highest BCUT2D eigenvalue weighted by molar-refractivity contribution is 7.89. The van der Waals surface area contributed by atoms with Crippen LogP contribution in [0.3, 0.4) is 0 Å². The third-order valence-electron chi connectivity index (χ3n) is 4.62. The molecule has 0 atom stereocenters. The molecule has 166 valence electrons. The van der Waals surface area contributed by atoms with Crippen molar-refractivity contribution >= 4 is 37.7 Å². The van der Waals surface area contributed by atoms with Gasteiger partial charge in [-0.05, 0) is 55.1 Å². The predicted molar refractivity (Wildman–Crippen MR) is 116 cm³/mol. The first-order valence-corrected chi connectivity index (χ1v) is 12.4. The molecule has 1 aliphatic rings. The fourth-order valence-electron chi connectivity index (χ4n) is 2.88. The molecule has 0 aliphatic carbocycles. The zero-order chi connectivity index (χ0) is 22.5. The summed E-state index contributed by atoms with van der Waals surface area (Å²) in [6, 6.07) is 12.0. The third kappa shape index (κ3) is 5.77. The van der Waals surface area contributed by atoms with E-state index >= 15 is 0 Å². The standard InChI is InChI=1S/C20H23N3O6S2/c1-21-30(25,26)18-9-5-17(6-10-18)22-20(24)11-4-16-2-7-19(8-3-16)31(27,28)23-12-14-29-15-13-23/h2-11,21H,12-15H2,1H3,(H,22,24)/b11-4+. The minimum absolute atomic E-state index is 0.0932. The normalized spacial score (nSPS) is 15.8. The summed E-state index contributed by atoms with van der Waals surface area (Å²) in [5, 5.41) is 2.63. The quantitative estimate of drug-likeness (QED) is 0.594. The highest BCUT2D eigenvalue weighted by Crippen LogP contribution is 2.18. The van der Waals surface area contributed by atoms with E-state index in [1.54, 1.807) is 18.2 Å². The first kappa shape index (κ1) is 23.1. The van der Waals surface area contributed by atoms with Gasteiger partial charge in [-0.15, -0.1) is 0 Å². The summed E-state index contributed by atoms with van der Waals surface area (Å²) in [5.74, 6) is -0.408. The van der Waals surface area contributed by atoms with E-state index in [1.807, 2.05) is 0 Å². The van der Waals surface area contributed by atoms with Gasteiger partial charge in [-0.2, -0.15) is 4.31 Å².